The molecule has 0 fully saturated rings. The number of carbonyl (C=O) groups is 1. The molecule has 21 heavy (non-hydrogen) atoms. The maximum atomic E-state index is 12.0. The van der Waals surface area contributed by atoms with Crippen molar-refractivity contribution in [2.75, 3.05) is 6.54 Å². The van der Waals surface area contributed by atoms with E-state index in [1.54, 1.807) is 11.3 Å². The SMILES string of the molecule is O=C(NCCc1ccccc1)NC1CCCc2sccc21. The van der Waals surface area contributed by atoms with E-state index in [1.165, 1.54) is 16.0 Å². The summed E-state index contributed by atoms with van der Waals surface area (Å²) < 4.78 is 0. The number of benzene rings is 1. The van der Waals surface area contributed by atoms with Gasteiger partial charge in [-0.3, -0.25) is 0 Å². The van der Waals surface area contributed by atoms with Crippen molar-refractivity contribution in [3.05, 3.63) is 57.8 Å². The van der Waals surface area contributed by atoms with Gasteiger partial charge < -0.3 is 10.6 Å². The Labute approximate surface area is 129 Å². The van der Waals surface area contributed by atoms with Crippen LogP contribution in [0.15, 0.2) is 41.8 Å². The van der Waals surface area contributed by atoms with E-state index in [1.807, 2.05) is 18.2 Å². The Hall–Kier alpha value is -1.81. The third-order valence-electron chi connectivity index (χ3n) is 3.90. The first-order chi connectivity index (χ1) is 10.3. The fourth-order valence-electron chi connectivity index (χ4n) is 2.81. The Morgan fingerprint density at radius 3 is 2.95 bits per heavy atom. The Morgan fingerprint density at radius 1 is 1.24 bits per heavy atom. The number of rotatable bonds is 4. The number of nitrogens with one attached hydrogen (secondary N) is 2. The Balaban J connectivity index is 1.47. The molecule has 0 bridgehead atoms. The standard InChI is InChI=1S/C17H20N2OS/c20-17(18-11-9-13-5-2-1-3-6-13)19-15-7-4-8-16-14(15)10-12-21-16/h1-3,5-6,10,12,15H,4,7-9,11H2,(H2,18,19,20). The Kier molecular flexibility index (Phi) is 4.55. The molecule has 1 aliphatic rings. The highest BCUT2D eigenvalue weighted by Gasteiger charge is 2.22. The van der Waals surface area contributed by atoms with Crippen molar-refractivity contribution in [2.45, 2.75) is 31.7 Å². The quantitative estimate of drug-likeness (QED) is 0.889. The maximum Gasteiger partial charge on any atom is 0.315 e. The second-order valence-electron chi connectivity index (χ2n) is 5.38. The number of hydrogen-bond acceptors (Lipinski definition) is 2. The topological polar surface area (TPSA) is 41.1 Å². The van der Waals surface area contributed by atoms with Crippen LogP contribution in [0.4, 0.5) is 4.79 Å². The summed E-state index contributed by atoms with van der Waals surface area (Å²) in [7, 11) is 0. The zero-order valence-electron chi connectivity index (χ0n) is 12.0. The van der Waals surface area contributed by atoms with Gasteiger partial charge in [-0.2, -0.15) is 0 Å². The fraction of sp³-hybridized carbons (Fsp3) is 0.353. The van der Waals surface area contributed by atoms with Crippen LogP contribution in [-0.4, -0.2) is 12.6 Å². The van der Waals surface area contributed by atoms with Gasteiger partial charge in [-0.25, -0.2) is 4.79 Å². The largest absolute Gasteiger partial charge is 0.338 e. The number of carbonyl (C=O) groups excluding carboxylic acids is 1. The molecule has 1 aromatic carbocycles. The van der Waals surface area contributed by atoms with Crippen LogP contribution in [0.25, 0.3) is 0 Å². The van der Waals surface area contributed by atoms with Crippen molar-refractivity contribution in [3.63, 3.8) is 0 Å². The Bertz CT molecular complexity index is 594. The third kappa shape index (κ3) is 3.64. The second-order valence-corrected chi connectivity index (χ2v) is 6.38. The van der Waals surface area contributed by atoms with Gasteiger partial charge in [0.2, 0.25) is 0 Å². The van der Waals surface area contributed by atoms with Crippen LogP contribution in [0, 0.1) is 0 Å². The fourth-order valence-corrected chi connectivity index (χ4v) is 3.80. The Morgan fingerprint density at radius 2 is 2.10 bits per heavy atom. The second kappa shape index (κ2) is 6.76. The highest BCUT2D eigenvalue weighted by Crippen LogP contribution is 2.33. The number of hydrogen-bond donors (Lipinski definition) is 2. The first-order valence-corrected chi connectivity index (χ1v) is 8.35. The molecule has 1 unspecified atom stereocenters. The van der Waals surface area contributed by atoms with Crippen LogP contribution >= 0.6 is 11.3 Å². The summed E-state index contributed by atoms with van der Waals surface area (Å²) in [5.74, 6) is 0. The number of thiophene rings is 1. The molecule has 1 atom stereocenters. The molecule has 0 spiro atoms. The van der Waals surface area contributed by atoms with E-state index in [0.29, 0.717) is 6.54 Å². The lowest BCUT2D eigenvalue weighted by Crippen LogP contribution is -2.39. The molecule has 1 heterocycles. The lowest BCUT2D eigenvalue weighted by atomic mass is 9.94. The van der Waals surface area contributed by atoms with Crippen LogP contribution in [-0.2, 0) is 12.8 Å². The molecule has 2 amide bonds. The van der Waals surface area contributed by atoms with Crippen LogP contribution in [0.1, 0.15) is 34.9 Å². The molecule has 0 saturated carbocycles. The van der Waals surface area contributed by atoms with Crippen molar-refractivity contribution in [1.29, 1.82) is 0 Å². The molecule has 4 heteroatoms. The van der Waals surface area contributed by atoms with Gasteiger partial charge in [0.25, 0.3) is 0 Å². The lowest BCUT2D eigenvalue weighted by molar-refractivity contribution is 0.236. The normalized spacial score (nSPS) is 17.0. The smallest absolute Gasteiger partial charge is 0.315 e. The zero-order chi connectivity index (χ0) is 14.5. The molecule has 1 aliphatic carbocycles. The van der Waals surface area contributed by atoms with Crippen LogP contribution in [0.5, 0.6) is 0 Å². The van der Waals surface area contributed by atoms with Crippen molar-refractivity contribution in [2.24, 2.45) is 0 Å². The van der Waals surface area contributed by atoms with Gasteiger partial charge in [0.1, 0.15) is 0 Å². The van der Waals surface area contributed by atoms with Crippen LogP contribution in [0.2, 0.25) is 0 Å². The summed E-state index contributed by atoms with van der Waals surface area (Å²) in [6, 6.07) is 12.5. The monoisotopic (exact) mass is 300 g/mol. The van der Waals surface area contributed by atoms with E-state index in [-0.39, 0.29) is 12.1 Å². The predicted octanol–water partition coefficient (Wildman–Crippen LogP) is 3.67. The minimum Gasteiger partial charge on any atom is -0.338 e. The maximum absolute atomic E-state index is 12.0. The molecular weight excluding hydrogens is 280 g/mol. The molecule has 1 aromatic heterocycles. The molecule has 2 aromatic rings. The van der Waals surface area contributed by atoms with Crippen molar-refractivity contribution >= 4 is 17.4 Å². The molecule has 0 aliphatic heterocycles. The zero-order valence-corrected chi connectivity index (χ0v) is 12.8. The third-order valence-corrected chi connectivity index (χ3v) is 4.90. The minimum atomic E-state index is -0.0602. The van der Waals surface area contributed by atoms with E-state index < -0.39 is 0 Å². The molecule has 0 radical (unpaired) electrons. The van der Waals surface area contributed by atoms with Crippen LogP contribution < -0.4 is 10.6 Å². The number of urea groups is 1. The van der Waals surface area contributed by atoms with Crippen molar-refractivity contribution in [1.82, 2.24) is 10.6 Å². The van der Waals surface area contributed by atoms with E-state index in [0.717, 1.165) is 25.7 Å². The molecule has 2 N–H and O–H groups in total. The summed E-state index contributed by atoms with van der Waals surface area (Å²) in [4.78, 5) is 13.4. The molecule has 3 nitrogen and oxygen atoms in total. The lowest BCUT2D eigenvalue weighted by Gasteiger charge is -2.23. The summed E-state index contributed by atoms with van der Waals surface area (Å²) in [6.45, 7) is 0.666. The average molecular weight is 300 g/mol. The summed E-state index contributed by atoms with van der Waals surface area (Å²) in [5, 5.41) is 8.18. The highest BCUT2D eigenvalue weighted by atomic mass is 32.1. The van der Waals surface area contributed by atoms with Gasteiger partial charge in [-0.15, -0.1) is 11.3 Å². The first kappa shape index (κ1) is 14.1. The van der Waals surface area contributed by atoms with Gasteiger partial charge in [0.05, 0.1) is 6.04 Å². The van der Waals surface area contributed by atoms with Crippen LogP contribution in [0.3, 0.4) is 0 Å². The number of aryl methyl sites for hydroxylation is 1. The molecule has 110 valence electrons. The van der Waals surface area contributed by atoms with E-state index in [9.17, 15) is 4.79 Å². The highest BCUT2D eigenvalue weighted by molar-refractivity contribution is 7.10. The van der Waals surface area contributed by atoms with E-state index >= 15 is 0 Å². The first-order valence-electron chi connectivity index (χ1n) is 7.47. The molecule has 0 saturated heterocycles. The summed E-state index contributed by atoms with van der Waals surface area (Å²) >= 11 is 1.80. The van der Waals surface area contributed by atoms with Crippen molar-refractivity contribution in [3.8, 4) is 0 Å². The van der Waals surface area contributed by atoms with Gasteiger partial charge in [0.15, 0.2) is 0 Å². The molecular formula is C17H20N2OS. The van der Waals surface area contributed by atoms with Gasteiger partial charge in [-0.05, 0) is 48.3 Å². The number of amides is 2. The van der Waals surface area contributed by atoms with Gasteiger partial charge in [-0.1, -0.05) is 30.3 Å². The number of fused-ring (bicyclic) bond motifs is 1. The summed E-state index contributed by atoms with van der Waals surface area (Å²) in [6.07, 6.45) is 4.21. The average Bonchev–Trinajstić information content (AvgIpc) is 2.98. The van der Waals surface area contributed by atoms with Gasteiger partial charge in [0, 0.05) is 11.4 Å². The van der Waals surface area contributed by atoms with E-state index in [4.69, 9.17) is 0 Å². The molecule has 3 rings (SSSR count). The minimum absolute atomic E-state index is 0.0602. The van der Waals surface area contributed by atoms with E-state index in [2.05, 4.69) is 34.2 Å². The predicted molar refractivity (Wildman–Crippen MR) is 86.7 cm³/mol. The summed E-state index contributed by atoms with van der Waals surface area (Å²) in [5.41, 5.74) is 2.56. The van der Waals surface area contributed by atoms with Gasteiger partial charge >= 0.3 is 6.03 Å². The van der Waals surface area contributed by atoms with Crippen molar-refractivity contribution < 1.29 is 4.79 Å².